The Labute approximate surface area is 223 Å². The Kier molecular flexibility index (Phi) is 8.51. The molecule has 7 nitrogen and oxygen atoms in total. The monoisotopic (exact) mass is 558 g/mol. The Balaban J connectivity index is 1.62. The maximum Gasteiger partial charge on any atom is 0.243 e. The van der Waals surface area contributed by atoms with Crippen molar-refractivity contribution < 1.29 is 21.3 Å². The summed E-state index contributed by atoms with van der Waals surface area (Å²) >= 11 is 6.30. The molecule has 4 rings (SSSR count). The predicted molar refractivity (Wildman–Crippen MR) is 143 cm³/mol. The maximum atomic E-state index is 13.6. The largest absolute Gasteiger partial charge is 0.468 e. The van der Waals surface area contributed by atoms with Crippen LogP contribution >= 0.6 is 11.6 Å². The van der Waals surface area contributed by atoms with Crippen LogP contribution in [0.3, 0.4) is 0 Å². The molecule has 0 N–H and O–H groups in total. The van der Waals surface area contributed by atoms with Gasteiger partial charge in [-0.05, 0) is 53.6 Å². The number of benzene rings is 3. The van der Waals surface area contributed by atoms with E-state index in [1.807, 2.05) is 30.3 Å². The van der Waals surface area contributed by atoms with Gasteiger partial charge < -0.3 is 4.42 Å². The molecule has 0 spiro atoms. The first-order chi connectivity index (χ1) is 17.7. The summed E-state index contributed by atoms with van der Waals surface area (Å²) < 4.78 is 61.9. The van der Waals surface area contributed by atoms with Gasteiger partial charge >= 0.3 is 0 Å². The molecule has 1 heterocycles. The van der Waals surface area contributed by atoms with Gasteiger partial charge in [0.05, 0.1) is 22.6 Å². The maximum absolute atomic E-state index is 13.6. The molecule has 37 heavy (non-hydrogen) atoms. The number of rotatable bonds is 11. The number of hydrogen-bond donors (Lipinski definition) is 0. The summed E-state index contributed by atoms with van der Waals surface area (Å²) in [4.78, 5) is -0.0101. The van der Waals surface area contributed by atoms with Crippen LogP contribution in [0.5, 0.6) is 0 Å². The second-order valence-corrected chi connectivity index (χ2v) is 12.6. The Morgan fingerprint density at radius 2 is 1.27 bits per heavy atom. The first kappa shape index (κ1) is 27.1. The van der Waals surface area contributed by atoms with Crippen LogP contribution in [0.1, 0.15) is 23.8 Å². The van der Waals surface area contributed by atoms with E-state index in [0.29, 0.717) is 16.3 Å². The zero-order chi connectivity index (χ0) is 26.5. The van der Waals surface area contributed by atoms with Gasteiger partial charge in [-0.15, -0.1) is 0 Å². The van der Waals surface area contributed by atoms with E-state index in [0.717, 1.165) is 5.56 Å². The van der Waals surface area contributed by atoms with Crippen molar-refractivity contribution in [3.63, 3.8) is 0 Å². The Bertz CT molecular complexity index is 1520. The summed E-state index contributed by atoms with van der Waals surface area (Å²) in [6, 6.07) is 25.0. The van der Waals surface area contributed by atoms with E-state index in [1.54, 1.807) is 43.3 Å². The lowest BCUT2D eigenvalue weighted by Crippen LogP contribution is -2.31. The number of furan rings is 1. The van der Waals surface area contributed by atoms with Gasteiger partial charge in [-0.25, -0.2) is 16.8 Å². The summed E-state index contributed by atoms with van der Waals surface area (Å²) in [7, 11) is -7.86. The third-order valence-electron chi connectivity index (χ3n) is 5.87. The van der Waals surface area contributed by atoms with Gasteiger partial charge in [-0.3, -0.25) is 0 Å². The average molecular weight is 559 g/mol. The molecule has 0 unspecified atom stereocenters. The number of hydrogen-bond acceptors (Lipinski definition) is 5. The van der Waals surface area contributed by atoms with Gasteiger partial charge in [0.1, 0.15) is 5.76 Å². The van der Waals surface area contributed by atoms with Gasteiger partial charge in [0, 0.05) is 24.7 Å². The second-order valence-electron chi connectivity index (χ2n) is 8.33. The lowest BCUT2D eigenvalue weighted by atomic mass is 10.2. The molecule has 194 valence electrons. The Hall–Kier alpha value is -2.95. The summed E-state index contributed by atoms with van der Waals surface area (Å²) in [5, 5.41) is 0.446. The van der Waals surface area contributed by atoms with E-state index in [9.17, 15) is 16.8 Å². The second kappa shape index (κ2) is 11.6. The lowest BCUT2D eigenvalue weighted by Gasteiger charge is -2.23. The fraction of sp³-hybridized carbons (Fsp3) is 0.185. The van der Waals surface area contributed by atoms with Gasteiger partial charge in [-0.2, -0.15) is 8.61 Å². The minimum absolute atomic E-state index is 0.0126. The molecule has 3 aromatic carbocycles. The lowest BCUT2D eigenvalue weighted by molar-refractivity contribution is 0.358. The van der Waals surface area contributed by atoms with E-state index in [-0.39, 0.29) is 36.0 Å². The number of sulfonamides is 2. The average Bonchev–Trinajstić information content (AvgIpc) is 3.42. The minimum Gasteiger partial charge on any atom is -0.468 e. The van der Waals surface area contributed by atoms with E-state index < -0.39 is 20.0 Å². The summed E-state index contributed by atoms with van der Waals surface area (Å²) in [5.74, 6) is 0.467. The van der Waals surface area contributed by atoms with Crippen molar-refractivity contribution in [2.45, 2.75) is 36.3 Å². The van der Waals surface area contributed by atoms with Crippen LogP contribution in [0.4, 0.5) is 0 Å². The van der Waals surface area contributed by atoms with Crippen LogP contribution in [0.2, 0.25) is 5.02 Å². The Morgan fingerprint density at radius 3 is 1.84 bits per heavy atom. The van der Waals surface area contributed by atoms with Crippen molar-refractivity contribution in [3.8, 4) is 0 Å². The fourth-order valence-electron chi connectivity index (χ4n) is 3.85. The topological polar surface area (TPSA) is 87.9 Å². The quantitative estimate of drug-likeness (QED) is 0.241. The van der Waals surface area contributed by atoms with Gasteiger partial charge in [-0.1, -0.05) is 67.1 Å². The third kappa shape index (κ3) is 6.31. The standard InChI is InChI=1S/C27H27ClN2O5S2/c1-2-29(19-22-9-4-3-5-10-22)36(31,32)25-14-16-26(17-15-25)37(33,34)30(21-24-12-8-18-35-24)20-23-11-6-7-13-27(23)28/h3-18H,2,19-21H2,1H3. The fourth-order valence-corrected chi connectivity index (χ4v) is 6.87. The molecular weight excluding hydrogens is 532 g/mol. The molecule has 0 fully saturated rings. The zero-order valence-corrected chi connectivity index (χ0v) is 22.6. The van der Waals surface area contributed by atoms with E-state index in [2.05, 4.69) is 0 Å². The molecule has 4 aromatic rings. The SMILES string of the molecule is CCN(Cc1ccccc1)S(=O)(=O)c1ccc(S(=O)(=O)N(Cc2ccco2)Cc2ccccc2Cl)cc1. The molecule has 0 saturated heterocycles. The highest BCUT2D eigenvalue weighted by Gasteiger charge is 2.28. The molecule has 10 heteroatoms. The first-order valence-electron chi connectivity index (χ1n) is 11.6. The highest BCUT2D eigenvalue weighted by molar-refractivity contribution is 7.89. The molecule has 0 aliphatic carbocycles. The van der Waals surface area contributed by atoms with Crippen molar-refractivity contribution in [1.82, 2.24) is 8.61 Å². The summed E-state index contributed by atoms with van der Waals surface area (Å²) in [5.41, 5.74) is 1.50. The first-order valence-corrected chi connectivity index (χ1v) is 14.9. The number of nitrogens with zero attached hydrogens (tertiary/aromatic N) is 2. The van der Waals surface area contributed by atoms with Crippen molar-refractivity contribution in [1.29, 1.82) is 0 Å². The van der Waals surface area contributed by atoms with Crippen molar-refractivity contribution >= 4 is 31.6 Å². The van der Waals surface area contributed by atoms with Gasteiger partial charge in [0.2, 0.25) is 20.0 Å². The van der Waals surface area contributed by atoms with Crippen molar-refractivity contribution in [3.05, 3.63) is 119 Å². The third-order valence-corrected chi connectivity index (χ3v) is 9.98. The van der Waals surface area contributed by atoms with E-state index >= 15 is 0 Å². The molecule has 0 atom stereocenters. The minimum atomic E-state index is -4.02. The van der Waals surface area contributed by atoms with Crippen LogP contribution in [0, 0.1) is 0 Å². The van der Waals surface area contributed by atoms with Crippen LogP contribution in [-0.4, -0.2) is 32.0 Å². The highest BCUT2D eigenvalue weighted by atomic mass is 35.5. The Morgan fingerprint density at radius 1 is 0.676 bits per heavy atom. The van der Waals surface area contributed by atoms with Crippen LogP contribution in [-0.2, 0) is 39.7 Å². The molecule has 0 amide bonds. The number of halogens is 1. The zero-order valence-electron chi connectivity index (χ0n) is 20.2. The molecule has 0 radical (unpaired) electrons. The molecule has 0 bridgehead atoms. The van der Waals surface area contributed by atoms with Gasteiger partial charge in [0.15, 0.2) is 0 Å². The highest BCUT2D eigenvalue weighted by Crippen LogP contribution is 2.26. The normalized spacial score (nSPS) is 12.3. The molecule has 1 aromatic heterocycles. The summed E-state index contributed by atoms with van der Waals surface area (Å²) in [6.45, 7) is 2.26. The van der Waals surface area contributed by atoms with Crippen LogP contribution in [0.15, 0.2) is 111 Å². The van der Waals surface area contributed by atoms with Crippen molar-refractivity contribution in [2.24, 2.45) is 0 Å². The van der Waals surface area contributed by atoms with Crippen LogP contribution < -0.4 is 0 Å². The molecular formula is C27H27ClN2O5S2. The summed E-state index contributed by atoms with van der Waals surface area (Å²) in [6.07, 6.45) is 1.48. The van der Waals surface area contributed by atoms with E-state index in [1.165, 1.54) is 39.1 Å². The van der Waals surface area contributed by atoms with Gasteiger partial charge in [0.25, 0.3) is 0 Å². The molecule has 0 aliphatic heterocycles. The van der Waals surface area contributed by atoms with Crippen molar-refractivity contribution in [2.75, 3.05) is 6.54 Å². The van der Waals surface area contributed by atoms with Crippen LogP contribution in [0.25, 0.3) is 0 Å². The molecule has 0 aliphatic rings. The smallest absolute Gasteiger partial charge is 0.243 e. The van der Waals surface area contributed by atoms with E-state index in [4.69, 9.17) is 16.0 Å². The molecule has 0 saturated carbocycles. The predicted octanol–water partition coefficient (Wildman–Crippen LogP) is 5.53.